The van der Waals surface area contributed by atoms with E-state index in [1.807, 2.05) is 0 Å². The van der Waals surface area contributed by atoms with Gasteiger partial charge in [-0.25, -0.2) is 4.39 Å². The third kappa shape index (κ3) is 5.44. The number of anilines is 1. The van der Waals surface area contributed by atoms with E-state index in [1.165, 1.54) is 6.07 Å². The normalized spacial score (nSPS) is 25.7. The van der Waals surface area contributed by atoms with Gasteiger partial charge in [-0.1, -0.05) is 6.07 Å². The van der Waals surface area contributed by atoms with Gasteiger partial charge in [0.2, 0.25) is 0 Å². The SMILES string of the molecule is OCc1ccc(F)cc1-c1cc(C(F)(F)F)c(NC2C[C@@H]3CN(CC4CCOCC4)C[C@@H]3C2)nn1. The molecular formula is C25H30F4N4O2. The molecule has 190 valence electrons. The minimum atomic E-state index is -4.66. The quantitative estimate of drug-likeness (QED) is 0.583. The van der Waals surface area contributed by atoms with Gasteiger partial charge in [0.05, 0.1) is 12.3 Å². The molecule has 3 fully saturated rings. The maximum absolute atomic E-state index is 13.9. The molecule has 5 rings (SSSR count). The Hall–Kier alpha value is -2.30. The average Bonchev–Trinajstić information content (AvgIpc) is 3.37. The van der Waals surface area contributed by atoms with Gasteiger partial charge in [-0.2, -0.15) is 13.2 Å². The molecule has 35 heavy (non-hydrogen) atoms. The highest BCUT2D eigenvalue weighted by Gasteiger charge is 2.43. The number of ether oxygens (including phenoxy) is 1. The summed E-state index contributed by atoms with van der Waals surface area (Å²) in [7, 11) is 0. The second-order valence-corrected chi connectivity index (χ2v) is 10.1. The van der Waals surface area contributed by atoms with E-state index in [-0.39, 0.29) is 28.7 Å². The van der Waals surface area contributed by atoms with Crippen LogP contribution in [0.5, 0.6) is 0 Å². The Labute approximate surface area is 201 Å². The first kappa shape index (κ1) is 24.4. The zero-order valence-electron chi connectivity index (χ0n) is 19.4. The zero-order valence-corrected chi connectivity index (χ0v) is 19.4. The number of hydrogen-bond donors (Lipinski definition) is 2. The molecule has 3 atom stereocenters. The lowest BCUT2D eigenvalue weighted by Crippen LogP contribution is -2.32. The minimum Gasteiger partial charge on any atom is -0.392 e. The van der Waals surface area contributed by atoms with Crippen LogP contribution < -0.4 is 5.32 Å². The smallest absolute Gasteiger partial charge is 0.392 e. The Kier molecular flexibility index (Phi) is 6.96. The number of likely N-dealkylation sites (tertiary alicyclic amines) is 1. The van der Waals surface area contributed by atoms with Crippen molar-refractivity contribution < 1.29 is 27.4 Å². The van der Waals surface area contributed by atoms with Gasteiger partial charge in [0, 0.05) is 44.5 Å². The van der Waals surface area contributed by atoms with E-state index in [0.29, 0.717) is 17.8 Å². The molecule has 0 spiro atoms. The highest BCUT2D eigenvalue weighted by molar-refractivity contribution is 5.66. The summed E-state index contributed by atoms with van der Waals surface area (Å²) in [6.07, 6.45) is -0.863. The molecule has 1 aliphatic carbocycles. The average molecular weight is 495 g/mol. The molecule has 3 heterocycles. The predicted octanol–water partition coefficient (Wildman–Crippen LogP) is 4.34. The highest BCUT2D eigenvalue weighted by Crippen LogP contribution is 2.42. The van der Waals surface area contributed by atoms with E-state index in [2.05, 4.69) is 20.4 Å². The summed E-state index contributed by atoms with van der Waals surface area (Å²) in [5, 5.41) is 20.4. The summed E-state index contributed by atoms with van der Waals surface area (Å²) in [5.74, 6) is 0.677. The second kappa shape index (κ2) is 9.99. The number of rotatable bonds is 6. The third-order valence-corrected chi connectivity index (χ3v) is 7.64. The van der Waals surface area contributed by atoms with Crippen molar-refractivity contribution in [2.75, 3.05) is 38.2 Å². The number of nitrogens with zero attached hydrogens (tertiary/aromatic N) is 3. The fourth-order valence-corrected chi connectivity index (χ4v) is 5.92. The van der Waals surface area contributed by atoms with Gasteiger partial charge in [-0.05, 0) is 67.2 Å². The van der Waals surface area contributed by atoms with Gasteiger partial charge in [0.15, 0.2) is 5.82 Å². The van der Waals surface area contributed by atoms with E-state index in [1.54, 1.807) is 0 Å². The van der Waals surface area contributed by atoms with Crippen molar-refractivity contribution in [3.8, 4) is 11.3 Å². The first-order chi connectivity index (χ1) is 16.8. The third-order valence-electron chi connectivity index (χ3n) is 7.64. The summed E-state index contributed by atoms with van der Waals surface area (Å²) in [4.78, 5) is 2.51. The van der Waals surface area contributed by atoms with Gasteiger partial charge in [-0.3, -0.25) is 0 Å². The molecule has 2 saturated heterocycles. The van der Waals surface area contributed by atoms with Gasteiger partial charge in [-0.15, -0.1) is 10.2 Å². The van der Waals surface area contributed by atoms with Crippen LogP contribution in [0, 0.1) is 23.6 Å². The van der Waals surface area contributed by atoms with E-state index in [4.69, 9.17) is 4.74 Å². The number of alkyl halides is 3. The Morgan fingerprint density at radius 2 is 1.77 bits per heavy atom. The fourth-order valence-electron chi connectivity index (χ4n) is 5.92. The highest BCUT2D eigenvalue weighted by atomic mass is 19.4. The molecule has 0 radical (unpaired) electrons. The number of fused-ring (bicyclic) bond motifs is 1. The lowest BCUT2D eigenvalue weighted by atomic mass is 10.00. The summed E-state index contributed by atoms with van der Waals surface area (Å²) in [5.41, 5.74) is -0.687. The van der Waals surface area contributed by atoms with Crippen molar-refractivity contribution in [1.29, 1.82) is 0 Å². The molecule has 2 aromatic rings. The van der Waals surface area contributed by atoms with Gasteiger partial charge in [0.1, 0.15) is 11.4 Å². The molecule has 10 heteroatoms. The van der Waals surface area contributed by atoms with E-state index < -0.39 is 24.2 Å². The molecule has 0 amide bonds. The topological polar surface area (TPSA) is 70.5 Å². The second-order valence-electron chi connectivity index (χ2n) is 10.1. The fraction of sp³-hybridized carbons (Fsp3) is 0.600. The summed E-state index contributed by atoms with van der Waals surface area (Å²) in [6.45, 7) is 4.27. The summed E-state index contributed by atoms with van der Waals surface area (Å²) in [6, 6.07) is 4.32. The van der Waals surface area contributed by atoms with Crippen molar-refractivity contribution in [3.05, 3.63) is 41.2 Å². The van der Waals surface area contributed by atoms with Crippen molar-refractivity contribution >= 4 is 5.82 Å². The van der Waals surface area contributed by atoms with Crippen LogP contribution in [-0.4, -0.2) is 59.1 Å². The molecule has 1 saturated carbocycles. The molecule has 3 aliphatic rings. The Morgan fingerprint density at radius 1 is 1.06 bits per heavy atom. The first-order valence-corrected chi connectivity index (χ1v) is 12.2. The van der Waals surface area contributed by atoms with Crippen LogP contribution in [0.3, 0.4) is 0 Å². The van der Waals surface area contributed by atoms with Crippen molar-refractivity contribution in [2.24, 2.45) is 17.8 Å². The lowest BCUT2D eigenvalue weighted by Gasteiger charge is -2.28. The maximum atomic E-state index is 13.9. The number of nitrogens with one attached hydrogen (secondary N) is 1. The first-order valence-electron chi connectivity index (χ1n) is 12.2. The van der Waals surface area contributed by atoms with Crippen molar-refractivity contribution in [3.63, 3.8) is 0 Å². The summed E-state index contributed by atoms with van der Waals surface area (Å²) >= 11 is 0. The number of hydrogen-bond acceptors (Lipinski definition) is 6. The molecule has 6 nitrogen and oxygen atoms in total. The van der Waals surface area contributed by atoms with E-state index in [9.17, 15) is 22.7 Å². The maximum Gasteiger partial charge on any atom is 0.420 e. The van der Waals surface area contributed by atoms with Crippen molar-refractivity contribution in [1.82, 2.24) is 15.1 Å². The van der Waals surface area contributed by atoms with Crippen LogP contribution in [0.4, 0.5) is 23.4 Å². The van der Waals surface area contributed by atoms with Gasteiger partial charge in [0.25, 0.3) is 0 Å². The lowest BCUT2D eigenvalue weighted by molar-refractivity contribution is -0.137. The van der Waals surface area contributed by atoms with E-state index in [0.717, 1.165) is 76.7 Å². The number of aliphatic hydroxyl groups excluding tert-OH is 1. The number of aromatic nitrogens is 2. The number of benzene rings is 1. The molecule has 2 N–H and O–H groups in total. The molecule has 1 unspecified atom stereocenters. The van der Waals surface area contributed by atoms with Gasteiger partial charge >= 0.3 is 6.18 Å². The van der Waals surface area contributed by atoms with Crippen molar-refractivity contribution in [2.45, 2.75) is 44.5 Å². The Bertz CT molecular complexity index is 1030. The Balaban J connectivity index is 1.28. The van der Waals surface area contributed by atoms with Crippen LogP contribution in [0.15, 0.2) is 24.3 Å². The number of aliphatic hydroxyl groups is 1. The van der Waals surface area contributed by atoms with Crippen LogP contribution >= 0.6 is 0 Å². The molecule has 2 aliphatic heterocycles. The zero-order chi connectivity index (χ0) is 24.6. The van der Waals surface area contributed by atoms with Crippen LogP contribution in [0.1, 0.15) is 36.8 Å². The molecular weight excluding hydrogens is 464 g/mol. The van der Waals surface area contributed by atoms with E-state index >= 15 is 0 Å². The standard InChI is InChI=1S/C25H30F4N4O2/c26-19-2-1-16(14-34)21(9-19)23-10-22(25(27,28)29)24(32-31-23)30-20-7-17-12-33(13-18(17)8-20)11-15-3-5-35-6-4-15/h1-2,9-10,15,17-18,20,34H,3-8,11-14H2,(H,30,32)/t17-,18+,20?. The van der Waals surface area contributed by atoms with Gasteiger partial charge < -0.3 is 20.1 Å². The monoisotopic (exact) mass is 494 g/mol. The minimum absolute atomic E-state index is 0.0945. The molecule has 1 aromatic carbocycles. The predicted molar refractivity (Wildman–Crippen MR) is 122 cm³/mol. The van der Waals surface area contributed by atoms with Crippen LogP contribution in [0.25, 0.3) is 11.3 Å². The van der Waals surface area contributed by atoms with Crippen LogP contribution in [-0.2, 0) is 17.5 Å². The Morgan fingerprint density at radius 3 is 2.43 bits per heavy atom. The molecule has 0 bridgehead atoms. The summed E-state index contributed by atoms with van der Waals surface area (Å²) < 4.78 is 61.0. The number of halogens is 4. The van der Waals surface area contributed by atoms with Crippen LogP contribution in [0.2, 0.25) is 0 Å². The molecule has 1 aromatic heterocycles. The largest absolute Gasteiger partial charge is 0.420 e.